The summed E-state index contributed by atoms with van der Waals surface area (Å²) in [5, 5.41) is 2.68. The molecule has 0 bridgehead atoms. The second-order valence-corrected chi connectivity index (χ2v) is 3.10. The van der Waals surface area contributed by atoms with Crippen LogP contribution in [0.2, 0.25) is 0 Å². The number of hydrogen-bond donors (Lipinski definition) is 1. The van der Waals surface area contributed by atoms with E-state index in [4.69, 9.17) is 0 Å². The van der Waals surface area contributed by atoms with Gasteiger partial charge in [-0.25, -0.2) is 0 Å². The van der Waals surface area contributed by atoms with E-state index in [2.05, 4.69) is 10.1 Å². The summed E-state index contributed by atoms with van der Waals surface area (Å²) in [6.45, 7) is 0.656. The molecule has 1 unspecified atom stereocenters. The van der Waals surface area contributed by atoms with Crippen LogP contribution in [-0.4, -0.2) is 31.5 Å². The molecule has 0 aromatic carbocycles. The van der Waals surface area contributed by atoms with Gasteiger partial charge in [0.25, 0.3) is 0 Å². The predicted molar refractivity (Wildman–Crippen MR) is 45.2 cm³/mol. The molecule has 8 heteroatoms. The van der Waals surface area contributed by atoms with Crippen molar-refractivity contribution in [3.05, 3.63) is 0 Å². The van der Waals surface area contributed by atoms with Crippen molar-refractivity contribution in [2.24, 2.45) is 0 Å². The fourth-order valence-electron chi connectivity index (χ4n) is 1.20. The Morgan fingerprint density at radius 3 is 2.13 bits per heavy atom. The van der Waals surface area contributed by atoms with Gasteiger partial charge in [-0.2, -0.15) is 22.0 Å². The standard InChI is InChI=1S/C7H10F5NO.ClH/c8-6(9,10)7(11,12)14-5-2-1-3-13-4-5;/h5,13H,1-4H2;1H. The molecule has 1 rings (SSSR count). The Kier molecular flexibility index (Phi) is 5.22. The lowest BCUT2D eigenvalue weighted by Gasteiger charge is -2.28. The Labute approximate surface area is 89.6 Å². The molecule has 1 saturated heterocycles. The Hall–Kier alpha value is -0.140. The van der Waals surface area contributed by atoms with E-state index in [9.17, 15) is 22.0 Å². The minimum Gasteiger partial charge on any atom is -0.314 e. The van der Waals surface area contributed by atoms with Crippen molar-refractivity contribution in [1.29, 1.82) is 0 Å². The largest absolute Gasteiger partial charge is 0.482 e. The van der Waals surface area contributed by atoms with Crippen LogP contribution >= 0.6 is 12.4 Å². The maximum Gasteiger partial charge on any atom is 0.482 e. The molecule has 1 atom stereocenters. The molecule has 1 heterocycles. The highest BCUT2D eigenvalue weighted by Gasteiger charge is 2.60. The number of nitrogens with one attached hydrogen (secondary N) is 1. The zero-order valence-corrected chi connectivity index (χ0v) is 8.43. The lowest BCUT2D eigenvalue weighted by molar-refractivity contribution is -0.402. The van der Waals surface area contributed by atoms with Crippen molar-refractivity contribution >= 4 is 12.4 Å². The van der Waals surface area contributed by atoms with Crippen molar-refractivity contribution in [3.63, 3.8) is 0 Å². The fourth-order valence-corrected chi connectivity index (χ4v) is 1.20. The highest BCUT2D eigenvalue weighted by Crippen LogP contribution is 2.37. The van der Waals surface area contributed by atoms with Gasteiger partial charge in [0.2, 0.25) is 0 Å². The van der Waals surface area contributed by atoms with E-state index >= 15 is 0 Å². The number of piperidine rings is 1. The minimum atomic E-state index is -5.63. The first-order chi connectivity index (χ1) is 6.33. The van der Waals surface area contributed by atoms with Gasteiger partial charge in [-0.1, -0.05) is 0 Å². The van der Waals surface area contributed by atoms with Crippen LogP contribution in [0.3, 0.4) is 0 Å². The fraction of sp³-hybridized carbons (Fsp3) is 1.00. The molecule has 92 valence electrons. The number of rotatable bonds is 2. The van der Waals surface area contributed by atoms with Crippen LogP contribution in [0.15, 0.2) is 0 Å². The summed E-state index contributed by atoms with van der Waals surface area (Å²) in [7, 11) is 0. The van der Waals surface area contributed by atoms with Gasteiger partial charge in [-0.05, 0) is 19.4 Å². The van der Waals surface area contributed by atoms with E-state index in [1.807, 2.05) is 0 Å². The molecule has 0 radical (unpaired) electrons. The molecule has 0 aromatic rings. The molecule has 0 aromatic heterocycles. The van der Waals surface area contributed by atoms with Gasteiger partial charge in [0.15, 0.2) is 0 Å². The van der Waals surface area contributed by atoms with Crippen LogP contribution in [0.1, 0.15) is 12.8 Å². The Morgan fingerprint density at radius 1 is 1.13 bits per heavy atom. The number of alkyl halides is 5. The highest BCUT2D eigenvalue weighted by atomic mass is 35.5. The molecular formula is C7H11ClF5NO. The summed E-state index contributed by atoms with van der Waals surface area (Å²) >= 11 is 0. The third-order valence-electron chi connectivity index (χ3n) is 1.90. The third-order valence-corrected chi connectivity index (χ3v) is 1.90. The molecule has 0 aliphatic carbocycles. The molecule has 1 aliphatic rings. The van der Waals surface area contributed by atoms with Gasteiger partial charge < -0.3 is 10.1 Å². The van der Waals surface area contributed by atoms with E-state index in [0.29, 0.717) is 13.0 Å². The van der Waals surface area contributed by atoms with Gasteiger partial charge >= 0.3 is 12.3 Å². The molecule has 0 amide bonds. The summed E-state index contributed by atoms with van der Waals surface area (Å²) in [6, 6.07) is 0. The second kappa shape index (κ2) is 5.27. The lowest BCUT2D eigenvalue weighted by atomic mass is 10.1. The van der Waals surface area contributed by atoms with E-state index < -0.39 is 18.4 Å². The van der Waals surface area contributed by atoms with Crippen LogP contribution in [0, 0.1) is 0 Å². The first-order valence-electron chi connectivity index (χ1n) is 4.16. The Morgan fingerprint density at radius 2 is 1.73 bits per heavy atom. The van der Waals surface area contributed by atoms with Gasteiger partial charge in [0.1, 0.15) is 0 Å². The number of ether oxygens (including phenoxy) is 1. The summed E-state index contributed by atoms with van der Waals surface area (Å²) in [5.41, 5.74) is 0. The summed E-state index contributed by atoms with van der Waals surface area (Å²) < 4.78 is 63.5. The average Bonchev–Trinajstić information content (AvgIpc) is 2.03. The average molecular weight is 256 g/mol. The van der Waals surface area contributed by atoms with Crippen LogP contribution < -0.4 is 5.32 Å². The van der Waals surface area contributed by atoms with Crippen molar-refractivity contribution in [2.75, 3.05) is 13.1 Å². The molecule has 1 fully saturated rings. The normalized spacial score (nSPS) is 23.4. The van der Waals surface area contributed by atoms with Crippen molar-refractivity contribution in [1.82, 2.24) is 5.32 Å². The van der Waals surface area contributed by atoms with Crippen LogP contribution in [0.25, 0.3) is 0 Å². The maximum absolute atomic E-state index is 12.3. The first kappa shape index (κ1) is 14.9. The molecule has 15 heavy (non-hydrogen) atoms. The topological polar surface area (TPSA) is 21.3 Å². The minimum absolute atomic E-state index is 0. The monoisotopic (exact) mass is 255 g/mol. The van der Waals surface area contributed by atoms with E-state index in [1.165, 1.54) is 0 Å². The Balaban J connectivity index is 0.00000196. The molecule has 0 spiro atoms. The maximum atomic E-state index is 12.3. The van der Waals surface area contributed by atoms with Crippen LogP contribution in [0.4, 0.5) is 22.0 Å². The van der Waals surface area contributed by atoms with Crippen molar-refractivity contribution in [3.8, 4) is 0 Å². The molecular weight excluding hydrogens is 245 g/mol. The predicted octanol–water partition coefficient (Wildman–Crippen LogP) is 2.33. The first-order valence-corrected chi connectivity index (χ1v) is 4.16. The highest BCUT2D eigenvalue weighted by molar-refractivity contribution is 5.85. The summed E-state index contributed by atoms with van der Waals surface area (Å²) in [6.07, 6.45) is -11.0. The summed E-state index contributed by atoms with van der Waals surface area (Å²) in [4.78, 5) is 0. The van der Waals surface area contributed by atoms with Crippen molar-refractivity contribution in [2.45, 2.75) is 31.2 Å². The van der Waals surface area contributed by atoms with Gasteiger partial charge in [0, 0.05) is 6.54 Å². The summed E-state index contributed by atoms with van der Waals surface area (Å²) in [5.74, 6) is 0. The number of hydrogen-bond acceptors (Lipinski definition) is 2. The molecule has 1 N–H and O–H groups in total. The zero-order chi connectivity index (χ0) is 10.8. The van der Waals surface area contributed by atoms with Crippen LogP contribution in [-0.2, 0) is 4.74 Å². The molecule has 0 saturated carbocycles. The van der Waals surface area contributed by atoms with Gasteiger partial charge in [-0.3, -0.25) is 0 Å². The molecule has 1 aliphatic heterocycles. The Bertz CT molecular complexity index is 192. The quantitative estimate of drug-likeness (QED) is 0.765. The van der Waals surface area contributed by atoms with Crippen LogP contribution in [0.5, 0.6) is 0 Å². The van der Waals surface area contributed by atoms with Crippen molar-refractivity contribution < 1.29 is 26.7 Å². The number of halogens is 6. The molecule has 2 nitrogen and oxygen atoms in total. The van der Waals surface area contributed by atoms with Gasteiger partial charge in [0.05, 0.1) is 6.10 Å². The van der Waals surface area contributed by atoms with E-state index in [1.54, 1.807) is 0 Å². The van der Waals surface area contributed by atoms with Gasteiger partial charge in [-0.15, -0.1) is 12.4 Å². The van der Waals surface area contributed by atoms with E-state index in [0.717, 1.165) is 0 Å². The third kappa shape index (κ3) is 4.08. The smallest absolute Gasteiger partial charge is 0.314 e. The SMILES string of the molecule is Cl.FC(F)(F)C(F)(F)OC1CCCNC1. The zero-order valence-electron chi connectivity index (χ0n) is 7.61. The second-order valence-electron chi connectivity index (χ2n) is 3.10. The van der Waals surface area contributed by atoms with E-state index in [-0.39, 0.29) is 25.4 Å². The lowest BCUT2D eigenvalue weighted by Crippen LogP contribution is -2.46.